The van der Waals surface area contributed by atoms with Crippen LogP contribution in [-0.2, 0) is 11.2 Å². The first-order chi connectivity index (χ1) is 7.02. The average Bonchev–Trinajstić information content (AvgIpc) is 2.16. The molecule has 1 aromatic rings. The molecule has 0 aromatic heterocycles. The van der Waals surface area contributed by atoms with Crippen molar-refractivity contribution in [2.24, 2.45) is 0 Å². The fraction of sp³-hybridized carbons (Fsp3) is 0.364. The number of aliphatic hydroxyl groups is 2. The van der Waals surface area contributed by atoms with Gasteiger partial charge in [0.1, 0.15) is 0 Å². The number of hydrogen-bond donors (Lipinski definition) is 3. The lowest BCUT2D eigenvalue weighted by molar-refractivity contribution is -0.147. The van der Waals surface area contributed by atoms with Crippen molar-refractivity contribution < 1.29 is 20.1 Å². The van der Waals surface area contributed by atoms with E-state index in [-0.39, 0.29) is 0 Å². The van der Waals surface area contributed by atoms with E-state index in [1.165, 1.54) is 0 Å². The Bertz CT molecular complexity index is 346. The Morgan fingerprint density at radius 2 is 1.93 bits per heavy atom. The Morgan fingerprint density at radius 1 is 1.33 bits per heavy atom. The highest BCUT2D eigenvalue weighted by Crippen LogP contribution is 2.19. The average molecular weight is 210 g/mol. The Hall–Kier alpha value is -1.39. The topological polar surface area (TPSA) is 77.8 Å². The third-order valence-electron chi connectivity index (χ3n) is 2.10. The van der Waals surface area contributed by atoms with E-state index in [1.807, 2.05) is 0 Å². The van der Waals surface area contributed by atoms with Crippen LogP contribution in [-0.4, -0.2) is 27.4 Å². The molecule has 4 nitrogen and oxygen atoms in total. The first kappa shape index (κ1) is 11.7. The second kappa shape index (κ2) is 4.91. The lowest BCUT2D eigenvalue weighted by Crippen LogP contribution is -2.15. The van der Waals surface area contributed by atoms with E-state index in [2.05, 4.69) is 0 Å². The lowest BCUT2D eigenvalue weighted by atomic mass is 9.98. The van der Waals surface area contributed by atoms with Gasteiger partial charge in [0.25, 0.3) is 0 Å². The monoisotopic (exact) mass is 210 g/mol. The van der Waals surface area contributed by atoms with Crippen LogP contribution in [0.25, 0.3) is 0 Å². The molecule has 0 aliphatic heterocycles. The molecular weight excluding hydrogens is 196 g/mol. The van der Waals surface area contributed by atoms with Crippen molar-refractivity contribution in [2.45, 2.75) is 25.6 Å². The van der Waals surface area contributed by atoms with Crippen LogP contribution in [0.2, 0.25) is 0 Å². The molecule has 0 radical (unpaired) electrons. The van der Waals surface area contributed by atoms with Crippen LogP contribution in [0, 0.1) is 0 Å². The first-order valence-corrected chi connectivity index (χ1v) is 4.69. The quantitative estimate of drug-likeness (QED) is 0.684. The predicted octanol–water partition coefficient (Wildman–Crippen LogP) is 0.728. The van der Waals surface area contributed by atoms with E-state index in [0.29, 0.717) is 17.5 Å². The van der Waals surface area contributed by atoms with E-state index in [1.54, 1.807) is 31.2 Å². The minimum atomic E-state index is -1.53. The lowest BCUT2D eigenvalue weighted by Gasteiger charge is -2.13. The number of hydrogen-bond acceptors (Lipinski definition) is 3. The normalized spacial score (nSPS) is 14.6. The van der Waals surface area contributed by atoms with E-state index < -0.39 is 18.2 Å². The number of aliphatic hydroxyl groups excluding tert-OH is 2. The molecule has 0 heterocycles. The van der Waals surface area contributed by atoms with Crippen LogP contribution < -0.4 is 0 Å². The molecule has 2 atom stereocenters. The summed E-state index contributed by atoms with van der Waals surface area (Å²) in [5.41, 5.74) is 0.994. The van der Waals surface area contributed by atoms with Gasteiger partial charge in [-0.15, -0.1) is 0 Å². The molecule has 82 valence electrons. The molecule has 3 N–H and O–H groups in total. The van der Waals surface area contributed by atoms with Crippen molar-refractivity contribution in [2.75, 3.05) is 0 Å². The van der Waals surface area contributed by atoms with Crippen LogP contribution in [0.3, 0.4) is 0 Å². The third-order valence-corrected chi connectivity index (χ3v) is 2.10. The molecule has 0 saturated heterocycles. The third kappa shape index (κ3) is 3.04. The maximum absolute atomic E-state index is 10.6. The summed E-state index contributed by atoms with van der Waals surface area (Å²) in [6.45, 7) is 1.62. The summed E-state index contributed by atoms with van der Waals surface area (Å²) in [4.78, 5) is 10.6. The van der Waals surface area contributed by atoms with Gasteiger partial charge in [0.15, 0.2) is 6.10 Å². The fourth-order valence-corrected chi connectivity index (χ4v) is 1.44. The highest BCUT2D eigenvalue weighted by molar-refractivity contribution is 5.74. The Balaban J connectivity index is 3.00. The second-order valence-corrected chi connectivity index (χ2v) is 3.49. The minimum Gasteiger partial charge on any atom is -0.479 e. The van der Waals surface area contributed by atoms with Gasteiger partial charge in [0, 0.05) is 0 Å². The van der Waals surface area contributed by atoms with Crippen LogP contribution in [0.5, 0.6) is 0 Å². The summed E-state index contributed by atoms with van der Waals surface area (Å²) in [6.07, 6.45) is -1.76. The second-order valence-electron chi connectivity index (χ2n) is 3.49. The smallest absolute Gasteiger partial charge is 0.337 e. The highest BCUT2D eigenvalue weighted by Gasteiger charge is 2.19. The predicted molar refractivity (Wildman–Crippen MR) is 54.4 cm³/mol. The molecule has 0 saturated carbocycles. The molecule has 0 aliphatic carbocycles. The molecule has 0 aliphatic rings. The number of carboxylic acid groups (broad SMARTS) is 1. The SMILES string of the molecule is CC(O)Cc1ccccc1C(O)C(=O)O. The zero-order chi connectivity index (χ0) is 11.4. The van der Waals surface area contributed by atoms with Crippen molar-refractivity contribution >= 4 is 5.97 Å². The van der Waals surface area contributed by atoms with Crippen molar-refractivity contribution in [3.63, 3.8) is 0 Å². The van der Waals surface area contributed by atoms with Crippen LogP contribution in [0.15, 0.2) is 24.3 Å². The van der Waals surface area contributed by atoms with Gasteiger partial charge in [-0.25, -0.2) is 4.79 Å². The van der Waals surface area contributed by atoms with E-state index in [9.17, 15) is 15.0 Å². The molecule has 0 bridgehead atoms. The molecule has 15 heavy (non-hydrogen) atoms. The number of aliphatic carboxylic acids is 1. The summed E-state index contributed by atoms with van der Waals surface area (Å²) < 4.78 is 0. The minimum absolute atomic E-state index is 0.334. The molecule has 1 aromatic carbocycles. The molecule has 2 unspecified atom stereocenters. The summed E-state index contributed by atoms with van der Waals surface area (Å²) >= 11 is 0. The largest absolute Gasteiger partial charge is 0.479 e. The van der Waals surface area contributed by atoms with Crippen LogP contribution in [0.1, 0.15) is 24.2 Å². The summed E-state index contributed by atoms with van der Waals surface area (Å²) in [6, 6.07) is 6.66. The van der Waals surface area contributed by atoms with Crippen LogP contribution >= 0.6 is 0 Å². The maximum atomic E-state index is 10.6. The summed E-state index contributed by atoms with van der Waals surface area (Å²) in [5, 5.41) is 27.3. The van der Waals surface area contributed by atoms with Gasteiger partial charge in [-0.2, -0.15) is 0 Å². The molecule has 1 rings (SSSR count). The molecule has 4 heteroatoms. The van der Waals surface area contributed by atoms with E-state index in [0.717, 1.165) is 0 Å². The summed E-state index contributed by atoms with van der Waals surface area (Å²) in [7, 11) is 0. The van der Waals surface area contributed by atoms with Crippen LogP contribution in [0.4, 0.5) is 0 Å². The Kier molecular flexibility index (Phi) is 3.82. The number of benzene rings is 1. The fourth-order valence-electron chi connectivity index (χ4n) is 1.44. The zero-order valence-electron chi connectivity index (χ0n) is 8.42. The number of rotatable bonds is 4. The molecular formula is C11H14O4. The summed E-state index contributed by atoms with van der Waals surface area (Å²) in [5.74, 6) is -1.28. The molecule has 0 amide bonds. The van der Waals surface area contributed by atoms with Gasteiger partial charge in [0.05, 0.1) is 6.10 Å². The van der Waals surface area contributed by atoms with Crippen molar-refractivity contribution in [1.82, 2.24) is 0 Å². The van der Waals surface area contributed by atoms with Gasteiger partial charge < -0.3 is 15.3 Å². The van der Waals surface area contributed by atoms with Gasteiger partial charge in [-0.3, -0.25) is 0 Å². The van der Waals surface area contributed by atoms with E-state index >= 15 is 0 Å². The number of carboxylic acids is 1. The van der Waals surface area contributed by atoms with Crippen molar-refractivity contribution in [1.29, 1.82) is 0 Å². The van der Waals surface area contributed by atoms with Crippen molar-refractivity contribution in [3.8, 4) is 0 Å². The van der Waals surface area contributed by atoms with Gasteiger partial charge in [-0.1, -0.05) is 24.3 Å². The van der Waals surface area contributed by atoms with E-state index in [4.69, 9.17) is 5.11 Å². The zero-order valence-corrected chi connectivity index (χ0v) is 8.42. The maximum Gasteiger partial charge on any atom is 0.337 e. The molecule has 0 spiro atoms. The first-order valence-electron chi connectivity index (χ1n) is 4.69. The van der Waals surface area contributed by atoms with Gasteiger partial charge >= 0.3 is 5.97 Å². The highest BCUT2D eigenvalue weighted by atomic mass is 16.4. The Labute approximate surface area is 87.8 Å². The van der Waals surface area contributed by atoms with Crippen molar-refractivity contribution in [3.05, 3.63) is 35.4 Å². The Morgan fingerprint density at radius 3 is 2.47 bits per heavy atom. The standard InChI is InChI=1S/C11H14O4/c1-7(12)6-8-4-2-3-5-9(8)10(13)11(14)15/h2-5,7,10,12-13H,6H2,1H3,(H,14,15). The van der Waals surface area contributed by atoms with Gasteiger partial charge in [0.2, 0.25) is 0 Å². The number of carbonyl (C=O) groups is 1. The van der Waals surface area contributed by atoms with Gasteiger partial charge in [-0.05, 0) is 24.5 Å². The molecule has 0 fully saturated rings.